The zero-order chi connectivity index (χ0) is 27.2. The number of primary amides is 1. The summed E-state index contributed by atoms with van der Waals surface area (Å²) in [6, 6.07) is 0.799. The van der Waals surface area contributed by atoms with Gasteiger partial charge >= 0.3 is 11.9 Å². The van der Waals surface area contributed by atoms with E-state index in [1.165, 1.54) is 10.9 Å². The standard InChI is InChI=1S/C21H19F3N8O4S/c1-4-30-8-12(32(35)36)15(29-30)19(34)28-16-14-10(11-7-26-31(5-2)9(11)3)6-13(21(22,23)24)27-20(14)37-17(16)18(25)33/h6-8H,4-5H2,1-3H3,(H2,25,33)(H,28,34). The minimum atomic E-state index is -4.81. The molecule has 194 valence electrons. The highest BCUT2D eigenvalue weighted by atomic mass is 32.1. The van der Waals surface area contributed by atoms with Crippen LogP contribution in [0.4, 0.5) is 24.5 Å². The Hall–Kier alpha value is -4.34. The number of carbonyl (C=O) groups is 2. The van der Waals surface area contributed by atoms with Crippen molar-refractivity contribution in [3.8, 4) is 11.1 Å². The number of hydrogen-bond acceptors (Lipinski definition) is 8. The van der Waals surface area contributed by atoms with E-state index in [0.717, 1.165) is 12.3 Å². The van der Waals surface area contributed by atoms with Gasteiger partial charge in [0.05, 0.1) is 16.8 Å². The molecule has 4 aromatic rings. The Labute approximate surface area is 210 Å². The van der Waals surface area contributed by atoms with Gasteiger partial charge in [-0.05, 0) is 32.4 Å². The molecule has 0 saturated carbocycles. The van der Waals surface area contributed by atoms with Crippen LogP contribution in [0.1, 0.15) is 45.4 Å². The van der Waals surface area contributed by atoms with Crippen molar-refractivity contribution < 1.29 is 27.7 Å². The Balaban J connectivity index is 2.00. The number of halogens is 3. The van der Waals surface area contributed by atoms with Crippen molar-refractivity contribution in [1.82, 2.24) is 24.5 Å². The van der Waals surface area contributed by atoms with Crippen LogP contribution in [-0.4, -0.2) is 41.3 Å². The predicted octanol–water partition coefficient (Wildman–Crippen LogP) is 3.98. The van der Waals surface area contributed by atoms with Crippen molar-refractivity contribution in [2.75, 3.05) is 5.32 Å². The van der Waals surface area contributed by atoms with Crippen LogP contribution in [0.3, 0.4) is 0 Å². The fourth-order valence-electron chi connectivity index (χ4n) is 3.82. The third-order valence-corrected chi connectivity index (χ3v) is 6.68. The number of nitrogens with two attached hydrogens (primary N) is 1. The SMILES string of the molecule is CCn1cc([N+](=O)[O-])c(C(=O)Nc2c(C(N)=O)sc3nc(C(F)(F)F)cc(-c4cnn(CC)c4C)c23)n1. The molecule has 0 radical (unpaired) electrons. The number of aryl methyl sites for hydroxylation is 2. The Morgan fingerprint density at radius 1 is 1.24 bits per heavy atom. The van der Waals surface area contributed by atoms with Gasteiger partial charge in [0.2, 0.25) is 5.69 Å². The molecule has 16 heteroatoms. The molecule has 12 nitrogen and oxygen atoms in total. The maximum Gasteiger partial charge on any atom is 0.433 e. The van der Waals surface area contributed by atoms with Crippen LogP contribution in [-0.2, 0) is 19.3 Å². The van der Waals surface area contributed by atoms with Gasteiger partial charge in [0.1, 0.15) is 21.6 Å². The summed E-state index contributed by atoms with van der Waals surface area (Å²) < 4.78 is 43.9. The molecular weight excluding hydrogens is 517 g/mol. The summed E-state index contributed by atoms with van der Waals surface area (Å²) in [6.45, 7) is 5.79. The number of pyridine rings is 1. The van der Waals surface area contributed by atoms with Gasteiger partial charge in [-0.15, -0.1) is 11.3 Å². The molecule has 4 rings (SSSR count). The number of thiophene rings is 1. The highest BCUT2D eigenvalue weighted by Crippen LogP contribution is 2.44. The number of fused-ring (bicyclic) bond motifs is 1. The van der Waals surface area contributed by atoms with Crippen molar-refractivity contribution >= 4 is 44.7 Å². The van der Waals surface area contributed by atoms with E-state index in [9.17, 15) is 32.9 Å². The van der Waals surface area contributed by atoms with Crippen LogP contribution >= 0.6 is 11.3 Å². The molecule has 0 aromatic carbocycles. The van der Waals surface area contributed by atoms with Crippen LogP contribution in [0.5, 0.6) is 0 Å². The summed E-state index contributed by atoms with van der Waals surface area (Å²) in [7, 11) is 0. The lowest BCUT2D eigenvalue weighted by molar-refractivity contribution is -0.385. The molecule has 0 spiro atoms. The molecule has 0 aliphatic rings. The van der Waals surface area contributed by atoms with Crippen LogP contribution < -0.4 is 11.1 Å². The summed E-state index contributed by atoms with van der Waals surface area (Å²) in [5.41, 5.74) is 3.76. The first kappa shape index (κ1) is 25.7. The van der Waals surface area contributed by atoms with Crippen molar-refractivity contribution in [2.45, 2.75) is 40.0 Å². The van der Waals surface area contributed by atoms with Crippen LogP contribution in [0.15, 0.2) is 18.5 Å². The van der Waals surface area contributed by atoms with Crippen LogP contribution in [0, 0.1) is 17.0 Å². The van der Waals surface area contributed by atoms with Gasteiger partial charge in [0.15, 0.2) is 0 Å². The van der Waals surface area contributed by atoms with Gasteiger partial charge in [-0.25, -0.2) is 4.98 Å². The van der Waals surface area contributed by atoms with Crippen LogP contribution in [0.25, 0.3) is 21.3 Å². The van der Waals surface area contributed by atoms with E-state index < -0.39 is 40.0 Å². The van der Waals surface area contributed by atoms with Crippen molar-refractivity contribution in [3.05, 3.63) is 50.5 Å². The molecule has 4 heterocycles. The molecule has 0 aliphatic carbocycles. The normalized spacial score (nSPS) is 11.7. The van der Waals surface area contributed by atoms with Crippen molar-refractivity contribution in [2.24, 2.45) is 5.73 Å². The fraction of sp³-hybridized carbons (Fsp3) is 0.286. The van der Waals surface area contributed by atoms with E-state index in [1.807, 2.05) is 0 Å². The number of rotatable bonds is 7. The molecule has 3 N–H and O–H groups in total. The molecule has 0 bridgehead atoms. The zero-order valence-electron chi connectivity index (χ0n) is 19.6. The molecule has 4 aromatic heterocycles. The highest BCUT2D eigenvalue weighted by Gasteiger charge is 2.36. The summed E-state index contributed by atoms with van der Waals surface area (Å²) in [6.07, 6.45) is -2.37. The number of aromatic nitrogens is 5. The van der Waals surface area contributed by atoms with E-state index in [-0.39, 0.29) is 32.9 Å². The topological polar surface area (TPSA) is 164 Å². The lowest BCUT2D eigenvalue weighted by atomic mass is 10.0. The maximum atomic E-state index is 13.7. The Kier molecular flexibility index (Phi) is 6.45. The molecule has 0 unspecified atom stereocenters. The van der Waals surface area contributed by atoms with Gasteiger partial charge in [0, 0.05) is 29.7 Å². The van der Waals surface area contributed by atoms with E-state index in [1.54, 1.807) is 25.5 Å². The monoisotopic (exact) mass is 536 g/mol. The average molecular weight is 536 g/mol. The second kappa shape index (κ2) is 9.27. The summed E-state index contributed by atoms with van der Waals surface area (Å²) in [5.74, 6) is -2.08. The molecule has 2 amide bonds. The molecule has 0 atom stereocenters. The number of nitrogens with one attached hydrogen (secondary N) is 1. The molecule has 0 fully saturated rings. The van der Waals surface area contributed by atoms with Gasteiger partial charge in [0.25, 0.3) is 11.8 Å². The number of carbonyl (C=O) groups excluding carboxylic acids is 2. The molecule has 37 heavy (non-hydrogen) atoms. The number of nitrogens with zero attached hydrogens (tertiary/aromatic N) is 6. The first-order chi connectivity index (χ1) is 17.4. The molecule has 0 aliphatic heterocycles. The number of anilines is 1. The highest BCUT2D eigenvalue weighted by molar-refractivity contribution is 7.21. The van der Waals surface area contributed by atoms with Gasteiger partial charge < -0.3 is 11.1 Å². The quantitative estimate of drug-likeness (QED) is 0.266. The second-order valence-corrected chi connectivity index (χ2v) is 8.79. The average Bonchev–Trinajstić information content (AvgIpc) is 3.53. The summed E-state index contributed by atoms with van der Waals surface area (Å²) >= 11 is 0.560. The minimum absolute atomic E-state index is 0.00200. The number of alkyl halides is 3. The largest absolute Gasteiger partial charge is 0.433 e. The smallest absolute Gasteiger partial charge is 0.365 e. The zero-order valence-corrected chi connectivity index (χ0v) is 20.4. The third kappa shape index (κ3) is 4.50. The maximum absolute atomic E-state index is 13.7. The van der Waals surface area contributed by atoms with Gasteiger partial charge in [-0.1, -0.05) is 0 Å². The molecular formula is C21H19F3N8O4S. The first-order valence-electron chi connectivity index (χ1n) is 10.8. The van der Waals surface area contributed by atoms with E-state index in [2.05, 4.69) is 20.5 Å². The number of nitro groups is 1. The Morgan fingerprint density at radius 2 is 1.95 bits per heavy atom. The van der Waals surface area contributed by atoms with Crippen molar-refractivity contribution in [1.29, 1.82) is 0 Å². The Bertz CT molecular complexity index is 1570. The second-order valence-electron chi connectivity index (χ2n) is 7.79. The summed E-state index contributed by atoms with van der Waals surface area (Å²) in [4.78, 5) is 39.2. The summed E-state index contributed by atoms with van der Waals surface area (Å²) in [5, 5.41) is 22.0. The van der Waals surface area contributed by atoms with E-state index in [0.29, 0.717) is 29.1 Å². The number of hydrogen-bond donors (Lipinski definition) is 2. The lowest BCUT2D eigenvalue weighted by Gasteiger charge is -2.12. The van der Waals surface area contributed by atoms with E-state index in [4.69, 9.17) is 5.73 Å². The van der Waals surface area contributed by atoms with Gasteiger partial charge in [-0.3, -0.25) is 29.1 Å². The van der Waals surface area contributed by atoms with Gasteiger partial charge in [-0.2, -0.15) is 23.4 Å². The predicted molar refractivity (Wildman–Crippen MR) is 127 cm³/mol. The lowest BCUT2D eigenvalue weighted by Crippen LogP contribution is -2.18. The minimum Gasteiger partial charge on any atom is -0.365 e. The fourth-order valence-corrected chi connectivity index (χ4v) is 4.83. The van der Waals surface area contributed by atoms with Crippen molar-refractivity contribution in [3.63, 3.8) is 0 Å². The van der Waals surface area contributed by atoms with E-state index >= 15 is 0 Å². The van der Waals surface area contributed by atoms with Crippen LogP contribution in [0.2, 0.25) is 0 Å². The first-order valence-corrected chi connectivity index (χ1v) is 11.6. The third-order valence-electron chi connectivity index (χ3n) is 5.59. The number of amides is 2. The Morgan fingerprint density at radius 3 is 2.49 bits per heavy atom. The molecule has 0 saturated heterocycles.